The van der Waals surface area contributed by atoms with E-state index < -0.39 is 17.7 Å². The molecule has 0 spiro atoms. The van der Waals surface area contributed by atoms with Crippen molar-refractivity contribution in [2.24, 2.45) is 0 Å². The lowest BCUT2D eigenvalue weighted by Crippen LogP contribution is -2.14. The largest absolute Gasteiger partial charge is 0.416 e. The van der Waals surface area contributed by atoms with E-state index in [4.69, 9.17) is 0 Å². The van der Waals surface area contributed by atoms with Crippen LogP contribution in [0.2, 0.25) is 0 Å². The van der Waals surface area contributed by atoms with E-state index in [0.717, 1.165) is 25.3 Å². The third kappa shape index (κ3) is 4.02. The minimum Gasteiger partial charge on any atom is -0.396 e. The smallest absolute Gasteiger partial charge is 0.396 e. The monoisotopic (exact) mass is 260 g/mol. The molecular weight excluding hydrogens is 241 g/mol. The van der Waals surface area contributed by atoms with E-state index in [1.807, 2.05) is 6.92 Å². The molecule has 0 saturated heterocycles. The normalized spacial score (nSPS) is 13.6. The number of halogens is 3. The van der Waals surface area contributed by atoms with Crippen LogP contribution in [0.1, 0.15) is 49.7 Å². The standard InChI is InChI=1S/C14H19F3O/c1-2-3-4-7-11(10-18)12-8-5-6-9-13(12)14(15,16)17/h5-6,8-9,11,18H,2-4,7,10H2,1H3. The van der Waals surface area contributed by atoms with Crippen molar-refractivity contribution < 1.29 is 18.3 Å². The van der Waals surface area contributed by atoms with Crippen LogP contribution in [0.25, 0.3) is 0 Å². The van der Waals surface area contributed by atoms with E-state index in [2.05, 4.69) is 0 Å². The first-order valence-electron chi connectivity index (χ1n) is 6.27. The van der Waals surface area contributed by atoms with Crippen molar-refractivity contribution in [3.8, 4) is 0 Å². The Hall–Kier alpha value is -1.03. The molecule has 4 heteroatoms. The van der Waals surface area contributed by atoms with Crippen LogP contribution in [0.4, 0.5) is 13.2 Å². The van der Waals surface area contributed by atoms with E-state index in [0.29, 0.717) is 6.42 Å². The van der Waals surface area contributed by atoms with Crippen molar-refractivity contribution >= 4 is 0 Å². The molecule has 0 bridgehead atoms. The first-order chi connectivity index (χ1) is 8.50. The Morgan fingerprint density at radius 2 is 1.83 bits per heavy atom. The summed E-state index contributed by atoms with van der Waals surface area (Å²) in [7, 11) is 0. The van der Waals surface area contributed by atoms with Gasteiger partial charge in [-0.1, -0.05) is 44.4 Å². The van der Waals surface area contributed by atoms with Gasteiger partial charge in [-0.05, 0) is 18.1 Å². The molecule has 0 aromatic heterocycles. The van der Waals surface area contributed by atoms with E-state index in [1.54, 1.807) is 6.07 Å². The Morgan fingerprint density at radius 1 is 1.17 bits per heavy atom. The highest BCUT2D eigenvalue weighted by Crippen LogP contribution is 2.36. The van der Waals surface area contributed by atoms with Gasteiger partial charge in [-0.25, -0.2) is 0 Å². The zero-order valence-electron chi connectivity index (χ0n) is 10.5. The lowest BCUT2D eigenvalue weighted by Gasteiger charge is -2.19. The topological polar surface area (TPSA) is 20.2 Å². The van der Waals surface area contributed by atoms with Gasteiger partial charge < -0.3 is 5.11 Å². The summed E-state index contributed by atoms with van der Waals surface area (Å²) >= 11 is 0. The molecule has 0 heterocycles. The molecule has 0 aliphatic rings. The zero-order valence-corrected chi connectivity index (χ0v) is 10.5. The van der Waals surface area contributed by atoms with Crippen molar-refractivity contribution in [1.29, 1.82) is 0 Å². The van der Waals surface area contributed by atoms with Gasteiger partial charge >= 0.3 is 6.18 Å². The summed E-state index contributed by atoms with van der Waals surface area (Å²) in [6.45, 7) is 1.80. The quantitative estimate of drug-likeness (QED) is 0.753. The number of aliphatic hydroxyl groups excluding tert-OH is 1. The summed E-state index contributed by atoms with van der Waals surface area (Å²) in [4.78, 5) is 0. The van der Waals surface area contributed by atoms with Gasteiger partial charge in [0.25, 0.3) is 0 Å². The van der Waals surface area contributed by atoms with Crippen LogP contribution in [0.3, 0.4) is 0 Å². The number of benzene rings is 1. The van der Waals surface area contributed by atoms with Gasteiger partial charge in [0.1, 0.15) is 0 Å². The molecule has 1 N–H and O–H groups in total. The second kappa shape index (κ2) is 6.78. The molecule has 1 unspecified atom stereocenters. The Morgan fingerprint density at radius 3 is 2.39 bits per heavy atom. The summed E-state index contributed by atoms with van der Waals surface area (Å²) in [6.07, 6.45) is -0.927. The van der Waals surface area contributed by atoms with Crippen molar-refractivity contribution in [2.75, 3.05) is 6.61 Å². The third-order valence-electron chi connectivity index (χ3n) is 3.08. The second-order valence-electron chi connectivity index (χ2n) is 4.46. The molecule has 0 saturated carbocycles. The summed E-state index contributed by atoms with van der Waals surface area (Å²) in [5, 5.41) is 9.30. The summed E-state index contributed by atoms with van der Waals surface area (Å²) < 4.78 is 38.6. The fourth-order valence-corrected chi connectivity index (χ4v) is 2.10. The molecule has 1 nitrogen and oxygen atoms in total. The maximum atomic E-state index is 12.9. The Labute approximate surface area is 106 Å². The molecule has 1 aromatic rings. The molecule has 102 valence electrons. The molecule has 0 radical (unpaired) electrons. The van der Waals surface area contributed by atoms with Gasteiger partial charge in [0.05, 0.1) is 5.56 Å². The Kier molecular flexibility index (Phi) is 5.66. The van der Waals surface area contributed by atoms with Gasteiger partial charge in [0, 0.05) is 12.5 Å². The predicted molar refractivity (Wildman–Crippen MR) is 65.4 cm³/mol. The van der Waals surface area contributed by atoms with Crippen molar-refractivity contribution in [2.45, 2.75) is 44.7 Å². The lowest BCUT2D eigenvalue weighted by atomic mass is 9.90. The maximum Gasteiger partial charge on any atom is 0.416 e. The number of aliphatic hydroxyl groups is 1. The molecule has 0 aliphatic heterocycles. The lowest BCUT2D eigenvalue weighted by molar-refractivity contribution is -0.138. The van der Waals surface area contributed by atoms with Gasteiger partial charge in [0.2, 0.25) is 0 Å². The summed E-state index contributed by atoms with van der Waals surface area (Å²) in [6, 6.07) is 5.52. The molecule has 1 aromatic carbocycles. The Bertz CT molecular complexity index is 360. The van der Waals surface area contributed by atoms with Crippen molar-refractivity contribution in [3.05, 3.63) is 35.4 Å². The fraction of sp³-hybridized carbons (Fsp3) is 0.571. The first-order valence-corrected chi connectivity index (χ1v) is 6.27. The van der Waals surface area contributed by atoms with Gasteiger partial charge in [0.15, 0.2) is 0 Å². The highest BCUT2D eigenvalue weighted by molar-refractivity contribution is 5.32. The van der Waals surface area contributed by atoms with Gasteiger partial charge in [-0.3, -0.25) is 0 Å². The molecular formula is C14H19F3O. The highest BCUT2D eigenvalue weighted by Gasteiger charge is 2.34. The number of alkyl halides is 3. The zero-order chi connectivity index (χ0) is 13.6. The minimum absolute atomic E-state index is 0.212. The first kappa shape index (κ1) is 15.0. The van der Waals surface area contributed by atoms with Crippen molar-refractivity contribution in [1.82, 2.24) is 0 Å². The van der Waals surface area contributed by atoms with E-state index in [9.17, 15) is 18.3 Å². The average Bonchev–Trinajstić information content (AvgIpc) is 2.34. The van der Waals surface area contributed by atoms with Crippen LogP contribution in [0.5, 0.6) is 0 Å². The summed E-state index contributed by atoms with van der Waals surface area (Å²) in [5.74, 6) is -0.422. The molecule has 1 atom stereocenters. The Balaban J connectivity index is 2.91. The molecule has 0 amide bonds. The number of hydrogen-bond donors (Lipinski definition) is 1. The van der Waals surface area contributed by atoms with E-state index in [-0.39, 0.29) is 12.2 Å². The molecule has 0 fully saturated rings. The van der Waals surface area contributed by atoms with Crippen LogP contribution >= 0.6 is 0 Å². The third-order valence-corrected chi connectivity index (χ3v) is 3.08. The van der Waals surface area contributed by atoms with Crippen LogP contribution in [0.15, 0.2) is 24.3 Å². The van der Waals surface area contributed by atoms with Crippen molar-refractivity contribution in [3.63, 3.8) is 0 Å². The average molecular weight is 260 g/mol. The predicted octanol–water partition coefficient (Wildman–Crippen LogP) is 4.36. The van der Waals surface area contributed by atoms with Crippen LogP contribution < -0.4 is 0 Å². The molecule has 0 aliphatic carbocycles. The number of unbranched alkanes of at least 4 members (excludes halogenated alkanes) is 2. The van der Waals surface area contributed by atoms with Crippen LogP contribution in [-0.4, -0.2) is 11.7 Å². The van der Waals surface area contributed by atoms with E-state index in [1.165, 1.54) is 12.1 Å². The minimum atomic E-state index is -4.35. The highest BCUT2D eigenvalue weighted by atomic mass is 19.4. The second-order valence-corrected chi connectivity index (χ2v) is 4.46. The van der Waals surface area contributed by atoms with Gasteiger partial charge in [-0.15, -0.1) is 0 Å². The number of hydrogen-bond acceptors (Lipinski definition) is 1. The summed E-state index contributed by atoms with van der Waals surface area (Å²) in [5.41, 5.74) is -0.413. The van der Waals surface area contributed by atoms with Crippen LogP contribution in [-0.2, 0) is 6.18 Å². The SMILES string of the molecule is CCCCCC(CO)c1ccccc1C(F)(F)F. The molecule has 1 rings (SSSR count). The maximum absolute atomic E-state index is 12.9. The molecule has 18 heavy (non-hydrogen) atoms. The number of rotatable bonds is 6. The van der Waals surface area contributed by atoms with Gasteiger partial charge in [-0.2, -0.15) is 13.2 Å². The van der Waals surface area contributed by atoms with E-state index >= 15 is 0 Å². The van der Waals surface area contributed by atoms with Crippen LogP contribution in [0, 0.1) is 0 Å². The fourth-order valence-electron chi connectivity index (χ4n) is 2.10.